The molecule has 2 unspecified atom stereocenters. The third-order valence-electron chi connectivity index (χ3n) is 3.53. The quantitative estimate of drug-likeness (QED) is 0.141. The topological polar surface area (TPSA) is 0 Å². The summed E-state index contributed by atoms with van der Waals surface area (Å²) >= 11 is 48.2. The van der Waals surface area contributed by atoms with Gasteiger partial charge in [0.2, 0.25) is 8.67 Å². The fourth-order valence-corrected chi connectivity index (χ4v) is 3.15. The summed E-state index contributed by atoms with van der Waals surface area (Å²) in [4.78, 5) is 0. The number of hydrogen-bond donors (Lipinski definition) is 0. The molecule has 0 spiro atoms. The Morgan fingerprint density at radius 2 is 0.698 bits per heavy atom. The Balaban J connectivity index is -0.000000128. The smallest absolute Gasteiger partial charge is 0.216 e. The van der Waals surface area contributed by atoms with E-state index in [-0.39, 0.29) is 5.54 Å². The summed E-state index contributed by atoms with van der Waals surface area (Å²) in [6.07, 6.45) is -26.7. The van der Waals surface area contributed by atoms with Gasteiger partial charge in [0.05, 0.1) is 6.33 Å². The molecule has 0 aromatic heterocycles. The van der Waals surface area contributed by atoms with Crippen LogP contribution in [-0.2, 0) is 0 Å². The van der Waals surface area contributed by atoms with E-state index >= 15 is 0 Å². The molecule has 0 fully saturated rings. The van der Waals surface area contributed by atoms with Gasteiger partial charge in [-0.1, -0.05) is 98.9 Å². The predicted octanol–water partition coefficient (Wildman–Crippen LogP) is 17.2. The molecule has 0 rings (SSSR count). The Bertz CT molecular complexity index is 942. The van der Waals surface area contributed by atoms with Crippen molar-refractivity contribution in [2.24, 2.45) is 0 Å². The van der Waals surface area contributed by atoms with E-state index < -0.39 is 97.3 Å². The summed E-state index contributed by atoms with van der Waals surface area (Å²) in [7, 11) is 0. The van der Waals surface area contributed by atoms with Crippen molar-refractivity contribution in [2.45, 2.75) is 99.6 Å². The molecule has 0 saturated heterocycles. The van der Waals surface area contributed by atoms with Crippen molar-refractivity contribution in [3.8, 4) is 0 Å². The molecular formula is C23H22Cl10F20. The predicted molar refractivity (Wildman–Crippen MR) is 170 cm³/mol. The highest BCUT2D eigenvalue weighted by atomic mass is 35.6. The average molecular weight is 1030 g/mol. The Labute approximate surface area is 338 Å². The lowest BCUT2D eigenvalue weighted by Crippen LogP contribution is -2.35. The van der Waals surface area contributed by atoms with Crippen LogP contribution in [0, 0.1) is 0 Å². The Kier molecular flexibility index (Phi) is 32.1. The number of allylic oxidation sites excluding steroid dienone is 3. The lowest BCUT2D eigenvalue weighted by Gasteiger charge is -2.23. The van der Waals surface area contributed by atoms with E-state index in [9.17, 15) is 87.8 Å². The second-order valence-electron chi connectivity index (χ2n) is 8.60. The highest BCUT2D eigenvalue weighted by molar-refractivity contribution is 6.68. The zero-order valence-corrected chi connectivity index (χ0v) is 33.1. The van der Waals surface area contributed by atoms with E-state index in [0.29, 0.717) is 0 Å². The fourth-order valence-electron chi connectivity index (χ4n) is 1.29. The van der Waals surface area contributed by atoms with E-state index in [1.807, 2.05) is 6.92 Å². The Hall–Kier alpha value is 0.720. The first kappa shape index (κ1) is 65.6. The normalized spacial score (nSPS) is 14.8. The molecule has 0 aromatic rings. The summed E-state index contributed by atoms with van der Waals surface area (Å²) in [5.74, 6) is -9.89. The second-order valence-corrected chi connectivity index (χ2v) is 15.6. The van der Waals surface area contributed by atoms with Crippen LogP contribution in [0.4, 0.5) is 87.8 Å². The third-order valence-corrected chi connectivity index (χ3v) is 6.08. The van der Waals surface area contributed by atoms with Crippen molar-refractivity contribution in [3.63, 3.8) is 0 Å². The molecule has 0 aliphatic heterocycles. The van der Waals surface area contributed by atoms with Gasteiger partial charge in [0.25, 0.3) is 3.79 Å². The van der Waals surface area contributed by atoms with E-state index in [0.717, 1.165) is 0 Å². The molecule has 0 amide bonds. The van der Waals surface area contributed by atoms with Gasteiger partial charge >= 0.3 is 42.7 Å². The largest absolute Gasteiger partial charge is 0.457 e. The van der Waals surface area contributed by atoms with Crippen LogP contribution in [-0.4, -0.2) is 65.9 Å². The van der Waals surface area contributed by atoms with E-state index in [2.05, 4.69) is 53.0 Å². The van der Waals surface area contributed by atoms with Crippen LogP contribution < -0.4 is 0 Å². The van der Waals surface area contributed by atoms with E-state index in [1.54, 1.807) is 6.08 Å². The Morgan fingerprint density at radius 3 is 0.755 bits per heavy atom. The molecule has 53 heavy (non-hydrogen) atoms. The summed E-state index contributed by atoms with van der Waals surface area (Å²) in [5.41, 5.74) is 0.132. The van der Waals surface area contributed by atoms with Crippen LogP contribution >= 0.6 is 116 Å². The Morgan fingerprint density at radius 1 is 0.491 bits per heavy atom. The maximum absolute atomic E-state index is 11.9. The fraction of sp³-hybridized carbons (Fsp3) is 0.739. The van der Waals surface area contributed by atoms with E-state index in [4.69, 9.17) is 69.6 Å². The van der Waals surface area contributed by atoms with Crippen molar-refractivity contribution in [3.05, 3.63) is 36.7 Å². The second kappa shape index (κ2) is 25.9. The molecule has 0 radical (unpaired) electrons. The van der Waals surface area contributed by atoms with Gasteiger partial charge in [0, 0.05) is 41.3 Å². The van der Waals surface area contributed by atoms with Crippen molar-refractivity contribution in [2.75, 3.05) is 0 Å². The standard InChI is InChI=1S/2C5H6Cl3F3.C4H2ClF5.C4H2F6.C3H6.C2Cl3F3/c2*1-3(6)2-4(7,8)5(9,10)11;2*5-2-1-3(6,7)4(8,9)10;1-3-2;3-1(4,5)2(6,7)8/h2*3H,2H2,1H3;2*1-2H;3H,1H2,2H3;/b;;2*2-1+;;. The SMILES string of the molecule is C=CC.CC(Cl)CC(Cl)(Cl)C(F)(F)F.CC(Cl)CC(Cl)(Cl)C(F)(F)F.F/C=C/C(F)(F)C(F)(F)F.FC(F)(F)C(Cl)(Cl)Cl.FC(F)(F)C(F)(F)/C=C/Cl. The van der Waals surface area contributed by atoms with Crippen molar-refractivity contribution in [1.82, 2.24) is 0 Å². The van der Waals surface area contributed by atoms with Gasteiger partial charge in [-0.15, -0.1) is 29.8 Å². The van der Waals surface area contributed by atoms with Gasteiger partial charge in [-0.25, -0.2) is 4.39 Å². The van der Waals surface area contributed by atoms with Crippen molar-refractivity contribution >= 4 is 116 Å². The molecule has 0 aliphatic rings. The third kappa shape index (κ3) is 33.4. The molecule has 2 atom stereocenters. The van der Waals surface area contributed by atoms with Crippen molar-refractivity contribution < 1.29 is 87.8 Å². The number of halogens is 30. The average Bonchev–Trinajstić information content (AvgIpc) is 2.80. The van der Waals surface area contributed by atoms with Crippen LogP contribution in [0.15, 0.2) is 36.7 Å². The molecule has 0 N–H and O–H groups in total. The molecule has 0 heterocycles. The zero-order valence-electron chi connectivity index (χ0n) is 25.5. The monoisotopic (exact) mass is 1030 g/mol. The summed E-state index contributed by atoms with van der Waals surface area (Å²) < 4.78 is 220. The molecule has 0 nitrogen and oxygen atoms in total. The zero-order chi connectivity index (χ0) is 45.1. The van der Waals surface area contributed by atoms with Crippen molar-refractivity contribution in [1.29, 1.82) is 0 Å². The van der Waals surface area contributed by atoms with Gasteiger partial charge in [-0.05, 0) is 20.8 Å². The van der Waals surface area contributed by atoms with Crippen LogP contribution in [0.5, 0.6) is 0 Å². The van der Waals surface area contributed by atoms with Crippen LogP contribution in [0.25, 0.3) is 0 Å². The first-order chi connectivity index (χ1) is 22.6. The summed E-state index contributed by atoms with van der Waals surface area (Å²) in [6.45, 7) is 8.04. The first-order valence-corrected chi connectivity index (χ1v) is 15.9. The van der Waals surface area contributed by atoms with Gasteiger partial charge in [0.1, 0.15) is 0 Å². The molecule has 0 aromatic carbocycles. The minimum absolute atomic E-state index is 0.132. The molecule has 0 bridgehead atoms. The van der Waals surface area contributed by atoms with Gasteiger partial charge < -0.3 is 0 Å². The number of alkyl halides is 28. The molecule has 324 valence electrons. The maximum Gasteiger partial charge on any atom is 0.457 e. The number of hydrogen-bond acceptors (Lipinski definition) is 0. The first-order valence-electron chi connectivity index (χ1n) is 11.9. The van der Waals surface area contributed by atoms with Gasteiger partial charge in [-0.2, -0.15) is 83.4 Å². The van der Waals surface area contributed by atoms with E-state index in [1.165, 1.54) is 13.8 Å². The maximum atomic E-state index is 11.9. The van der Waals surface area contributed by atoms with Gasteiger partial charge in [0.15, 0.2) is 0 Å². The molecule has 0 saturated carbocycles. The van der Waals surface area contributed by atoms with Crippen LogP contribution in [0.2, 0.25) is 0 Å². The lowest BCUT2D eigenvalue weighted by atomic mass is 10.2. The highest BCUT2D eigenvalue weighted by Gasteiger charge is 2.57. The lowest BCUT2D eigenvalue weighted by molar-refractivity contribution is -0.259. The minimum Gasteiger partial charge on any atom is -0.216 e. The highest BCUT2D eigenvalue weighted by Crippen LogP contribution is 2.45. The summed E-state index contributed by atoms with van der Waals surface area (Å²) in [5, 5.41) is -1.40. The van der Waals surface area contributed by atoms with Gasteiger partial charge in [-0.3, -0.25) is 0 Å². The number of rotatable bonds is 6. The molecular weight excluding hydrogens is 1010 g/mol. The van der Waals surface area contributed by atoms with Crippen LogP contribution in [0.1, 0.15) is 33.6 Å². The minimum atomic E-state index is -5.71. The molecule has 0 aliphatic carbocycles. The molecule has 30 heteroatoms. The summed E-state index contributed by atoms with van der Waals surface area (Å²) in [6, 6.07) is 0. The van der Waals surface area contributed by atoms with Crippen LogP contribution in [0.3, 0.4) is 0 Å².